The van der Waals surface area contributed by atoms with E-state index in [2.05, 4.69) is 10.2 Å². The number of likely N-dealkylation sites (tertiary alicyclic amines) is 1. The molecule has 16 heavy (non-hydrogen) atoms. The van der Waals surface area contributed by atoms with Gasteiger partial charge in [0.25, 0.3) is 0 Å². The van der Waals surface area contributed by atoms with Crippen molar-refractivity contribution in [3.8, 4) is 0 Å². The molecule has 0 aromatic carbocycles. The Hall–Kier alpha value is -1.72. The van der Waals surface area contributed by atoms with Crippen LogP contribution in [-0.4, -0.2) is 39.4 Å². The van der Waals surface area contributed by atoms with Crippen molar-refractivity contribution in [1.29, 1.82) is 0 Å². The van der Waals surface area contributed by atoms with Gasteiger partial charge in [0, 0.05) is 30.8 Å². The Labute approximate surface area is 93.4 Å². The molecular weight excluding hydrogens is 208 g/mol. The zero-order chi connectivity index (χ0) is 11.5. The number of carbonyl (C=O) groups is 1. The maximum Gasteiger partial charge on any atom is 0.407 e. The fourth-order valence-electron chi connectivity index (χ4n) is 2.16. The van der Waals surface area contributed by atoms with Crippen LogP contribution in [0.2, 0.25) is 0 Å². The Balaban J connectivity index is 2.01. The van der Waals surface area contributed by atoms with Crippen molar-refractivity contribution in [3.05, 3.63) is 11.8 Å². The van der Waals surface area contributed by atoms with E-state index in [4.69, 9.17) is 10.8 Å². The Morgan fingerprint density at radius 2 is 2.38 bits per heavy atom. The summed E-state index contributed by atoms with van der Waals surface area (Å²) in [6, 6.07) is 1.83. The summed E-state index contributed by atoms with van der Waals surface area (Å²) in [5.74, 6) is 0.837. The summed E-state index contributed by atoms with van der Waals surface area (Å²) < 4.78 is 0. The fourth-order valence-corrected chi connectivity index (χ4v) is 2.16. The molecule has 0 radical (unpaired) electrons. The van der Waals surface area contributed by atoms with Crippen LogP contribution in [0.25, 0.3) is 0 Å². The van der Waals surface area contributed by atoms with Crippen molar-refractivity contribution < 1.29 is 9.90 Å². The van der Waals surface area contributed by atoms with Crippen molar-refractivity contribution >= 4 is 11.9 Å². The lowest BCUT2D eigenvalue weighted by Gasteiger charge is -2.15. The molecule has 2 rings (SSSR count). The van der Waals surface area contributed by atoms with Gasteiger partial charge in [-0.25, -0.2) is 4.79 Å². The predicted molar refractivity (Wildman–Crippen MR) is 59.2 cm³/mol. The normalized spacial score (nSPS) is 21.8. The first-order valence-corrected chi connectivity index (χ1v) is 5.45. The number of anilines is 1. The average Bonchev–Trinajstić information content (AvgIpc) is 2.54. The summed E-state index contributed by atoms with van der Waals surface area (Å²) in [5.41, 5.74) is 6.57. The molecule has 1 atom stereocenters. The van der Waals surface area contributed by atoms with Crippen LogP contribution in [0.15, 0.2) is 6.07 Å². The van der Waals surface area contributed by atoms with Crippen LogP contribution in [0.4, 0.5) is 10.6 Å². The predicted octanol–water partition coefficient (Wildman–Crippen LogP) is 1.24. The molecule has 1 fully saturated rings. The molecule has 0 spiro atoms. The molecule has 1 aliphatic rings. The van der Waals surface area contributed by atoms with Crippen molar-refractivity contribution in [2.45, 2.75) is 25.2 Å². The highest BCUT2D eigenvalue weighted by molar-refractivity contribution is 5.64. The van der Waals surface area contributed by atoms with Crippen molar-refractivity contribution in [1.82, 2.24) is 15.1 Å². The number of hydrogen-bond acceptors (Lipinski definition) is 3. The molecule has 1 unspecified atom stereocenters. The second-order valence-electron chi connectivity index (χ2n) is 4.15. The molecule has 2 heterocycles. The second-order valence-corrected chi connectivity index (χ2v) is 4.15. The molecule has 0 aliphatic carbocycles. The molecule has 1 amide bonds. The number of carboxylic acid groups (broad SMARTS) is 1. The van der Waals surface area contributed by atoms with Gasteiger partial charge in [-0.2, -0.15) is 5.10 Å². The van der Waals surface area contributed by atoms with E-state index in [0.717, 1.165) is 25.0 Å². The molecule has 1 aromatic rings. The lowest BCUT2D eigenvalue weighted by molar-refractivity contribution is 0.147. The quantitative estimate of drug-likeness (QED) is 0.668. The van der Waals surface area contributed by atoms with Gasteiger partial charge < -0.3 is 15.7 Å². The van der Waals surface area contributed by atoms with Gasteiger partial charge in [-0.1, -0.05) is 0 Å². The Bertz CT molecular complexity index is 377. The summed E-state index contributed by atoms with van der Waals surface area (Å²) in [7, 11) is 0. The zero-order valence-corrected chi connectivity index (χ0v) is 9.02. The molecule has 4 N–H and O–H groups in total. The van der Waals surface area contributed by atoms with Crippen LogP contribution in [0, 0.1) is 0 Å². The van der Waals surface area contributed by atoms with E-state index in [0.29, 0.717) is 24.8 Å². The first-order chi connectivity index (χ1) is 7.66. The number of nitrogen functional groups attached to an aromatic ring is 1. The Morgan fingerprint density at radius 3 is 3.00 bits per heavy atom. The van der Waals surface area contributed by atoms with Gasteiger partial charge in [0.1, 0.15) is 5.82 Å². The molecule has 6 nitrogen and oxygen atoms in total. The Morgan fingerprint density at radius 1 is 1.56 bits per heavy atom. The topological polar surface area (TPSA) is 95.2 Å². The van der Waals surface area contributed by atoms with Crippen LogP contribution < -0.4 is 5.73 Å². The molecule has 1 aliphatic heterocycles. The summed E-state index contributed by atoms with van der Waals surface area (Å²) >= 11 is 0. The number of nitrogens with one attached hydrogen (secondary N) is 1. The van der Waals surface area contributed by atoms with E-state index in [1.54, 1.807) is 0 Å². The largest absolute Gasteiger partial charge is 0.465 e. The Kier molecular flexibility index (Phi) is 2.98. The summed E-state index contributed by atoms with van der Waals surface area (Å²) in [4.78, 5) is 12.3. The zero-order valence-electron chi connectivity index (χ0n) is 9.02. The maximum absolute atomic E-state index is 10.8. The first kappa shape index (κ1) is 10.8. The lowest BCUT2D eigenvalue weighted by atomic mass is 9.97. The molecule has 6 heteroatoms. The number of nitrogens with two attached hydrogens (primary N) is 1. The highest BCUT2D eigenvalue weighted by atomic mass is 16.4. The second kappa shape index (κ2) is 4.42. The standard InChI is InChI=1S/C10H16N4O2/c11-9-6-8(12-13-9)7-2-1-4-14(5-3-7)10(15)16/h6-7H,1-5H2,(H,15,16)(H3,11,12,13). The van der Waals surface area contributed by atoms with E-state index in [1.165, 1.54) is 4.90 Å². The van der Waals surface area contributed by atoms with E-state index in [9.17, 15) is 4.79 Å². The SMILES string of the molecule is Nc1cc(C2CCCN(C(=O)O)CC2)[nH]n1. The van der Waals surface area contributed by atoms with Crippen LogP contribution in [0.5, 0.6) is 0 Å². The minimum atomic E-state index is -0.829. The third-order valence-corrected chi connectivity index (χ3v) is 3.06. The summed E-state index contributed by atoms with van der Waals surface area (Å²) in [6.45, 7) is 1.20. The molecule has 1 saturated heterocycles. The van der Waals surface area contributed by atoms with E-state index in [-0.39, 0.29) is 0 Å². The fraction of sp³-hybridized carbons (Fsp3) is 0.600. The van der Waals surface area contributed by atoms with Crippen molar-refractivity contribution in [3.63, 3.8) is 0 Å². The molecular formula is C10H16N4O2. The van der Waals surface area contributed by atoms with Gasteiger partial charge in [-0.05, 0) is 19.3 Å². The minimum Gasteiger partial charge on any atom is -0.465 e. The third-order valence-electron chi connectivity index (χ3n) is 3.06. The van der Waals surface area contributed by atoms with E-state index < -0.39 is 6.09 Å². The van der Waals surface area contributed by atoms with Gasteiger partial charge in [0.2, 0.25) is 0 Å². The van der Waals surface area contributed by atoms with Crippen LogP contribution >= 0.6 is 0 Å². The molecule has 1 aromatic heterocycles. The molecule has 0 bridgehead atoms. The van der Waals surface area contributed by atoms with Crippen molar-refractivity contribution in [2.75, 3.05) is 18.8 Å². The highest BCUT2D eigenvalue weighted by Gasteiger charge is 2.22. The van der Waals surface area contributed by atoms with E-state index in [1.807, 2.05) is 6.07 Å². The maximum atomic E-state index is 10.8. The van der Waals surface area contributed by atoms with Crippen LogP contribution in [0.3, 0.4) is 0 Å². The lowest BCUT2D eigenvalue weighted by Crippen LogP contribution is -2.30. The summed E-state index contributed by atoms with van der Waals surface area (Å²) in [5, 5.41) is 15.7. The highest BCUT2D eigenvalue weighted by Crippen LogP contribution is 2.27. The monoisotopic (exact) mass is 224 g/mol. The minimum absolute atomic E-state index is 0.342. The van der Waals surface area contributed by atoms with E-state index >= 15 is 0 Å². The number of aromatic nitrogens is 2. The number of amides is 1. The first-order valence-electron chi connectivity index (χ1n) is 5.45. The summed E-state index contributed by atoms with van der Waals surface area (Å²) in [6.07, 6.45) is 1.86. The van der Waals surface area contributed by atoms with Gasteiger partial charge in [-0.15, -0.1) is 0 Å². The van der Waals surface area contributed by atoms with Gasteiger partial charge >= 0.3 is 6.09 Å². The molecule has 88 valence electrons. The smallest absolute Gasteiger partial charge is 0.407 e. The number of hydrogen-bond donors (Lipinski definition) is 3. The van der Waals surface area contributed by atoms with Crippen molar-refractivity contribution in [2.24, 2.45) is 0 Å². The molecule has 0 saturated carbocycles. The van der Waals surface area contributed by atoms with Gasteiger partial charge in [0.15, 0.2) is 0 Å². The van der Waals surface area contributed by atoms with Gasteiger partial charge in [0.05, 0.1) is 0 Å². The average molecular weight is 224 g/mol. The number of aromatic amines is 1. The van der Waals surface area contributed by atoms with Gasteiger partial charge in [-0.3, -0.25) is 5.10 Å². The van der Waals surface area contributed by atoms with Crippen LogP contribution in [0.1, 0.15) is 30.9 Å². The number of H-pyrrole nitrogens is 1. The van der Waals surface area contributed by atoms with Crippen LogP contribution in [-0.2, 0) is 0 Å². The third kappa shape index (κ3) is 2.26. The number of rotatable bonds is 1. The number of nitrogens with zero attached hydrogens (tertiary/aromatic N) is 2.